The SMILES string of the molecule is CC1CCCc2cc(-n3cnnn3)ccc21. The first kappa shape index (κ1) is 9.51. The quantitative estimate of drug-likeness (QED) is 0.730. The van der Waals surface area contributed by atoms with Gasteiger partial charge in [0.1, 0.15) is 6.33 Å². The molecule has 1 atom stereocenters. The summed E-state index contributed by atoms with van der Waals surface area (Å²) in [5.41, 5.74) is 3.99. The smallest absolute Gasteiger partial charge is 0.143 e. The second-order valence-electron chi connectivity index (χ2n) is 4.43. The Kier molecular flexibility index (Phi) is 2.20. The topological polar surface area (TPSA) is 43.6 Å². The maximum absolute atomic E-state index is 3.91. The van der Waals surface area contributed by atoms with Gasteiger partial charge in [0.25, 0.3) is 0 Å². The summed E-state index contributed by atoms with van der Waals surface area (Å²) >= 11 is 0. The molecule has 82 valence electrons. The normalized spacial score (nSPS) is 19.4. The van der Waals surface area contributed by atoms with Gasteiger partial charge < -0.3 is 0 Å². The third kappa shape index (κ3) is 1.50. The van der Waals surface area contributed by atoms with Crippen LogP contribution in [0.2, 0.25) is 0 Å². The van der Waals surface area contributed by atoms with Crippen molar-refractivity contribution in [2.24, 2.45) is 0 Å². The molecule has 3 rings (SSSR count). The van der Waals surface area contributed by atoms with Crippen LogP contribution in [0.25, 0.3) is 5.69 Å². The van der Waals surface area contributed by atoms with E-state index in [4.69, 9.17) is 0 Å². The van der Waals surface area contributed by atoms with E-state index < -0.39 is 0 Å². The Bertz CT molecular complexity index is 490. The summed E-state index contributed by atoms with van der Waals surface area (Å²) in [6.45, 7) is 2.30. The van der Waals surface area contributed by atoms with Crippen LogP contribution in [0.3, 0.4) is 0 Å². The molecule has 0 saturated carbocycles. The van der Waals surface area contributed by atoms with Crippen molar-refractivity contribution >= 4 is 0 Å². The molecular formula is C12H14N4. The Morgan fingerprint density at radius 3 is 3.12 bits per heavy atom. The van der Waals surface area contributed by atoms with Crippen molar-refractivity contribution in [2.75, 3.05) is 0 Å². The van der Waals surface area contributed by atoms with Crippen molar-refractivity contribution in [1.29, 1.82) is 0 Å². The number of rotatable bonds is 1. The van der Waals surface area contributed by atoms with Crippen LogP contribution >= 0.6 is 0 Å². The van der Waals surface area contributed by atoms with Crippen molar-refractivity contribution in [1.82, 2.24) is 20.2 Å². The van der Waals surface area contributed by atoms with Crippen molar-refractivity contribution in [3.05, 3.63) is 35.7 Å². The predicted molar refractivity (Wildman–Crippen MR) is 60.5 cm³/mol. The molecule has 0 bridgehead atoms. The largest absolute Gasteiger partial charge is 0.201 e. The molecule has 0 N–H and O–H groups in total. The Balaban J connectivity index is 2.05. The number of nitrogens with zero attached hydrogens (tertiary/aromatic N) is 4. The highest BCUT2D eigenvalue weighted by Gasteiger charge is 2.16. The van der Waals surface area contributed by atoms with Crippen LogP contribution in [0.15, 0.2) is 24.5 Å². The lowest BCUT2D eigenvalue weighted by molar-refractivity contribution is 0.589. The maximum atomic E-state index is 3.91. The van der Waals surface area contributed by atoms with Gasteiger partial charge in [-0.25, -0.2) is 4.68 Å². The predicted octanol–water partition coefficient (Wildman–Crippen LogP) is 2.10. The van der Waals surface area contributed by atoms with E-state index in [-0.39, 0.29) is 0 Å². The molecule has 1 heterocycles. The lowest BCUT2D eigenvalue weighted by Crippen LogP contribution is -2.08. The fraction of sp³-hybridized carbons (Fsp3) is 0.417. The van der Waals surface area contributed by atoms with Gasteiger partial charge in [-0.2, -0.15) is 0 Å². The Labute approximate surface area is 94.3 Å². The van der Waals surface area contributed by atoms with E-state index in [1.807, 2.05) is 0 Å². The summed E-state index contributed by atoms with van der Waals surface area (Å²) in [4.78, 5) is 0. The third-order valence-corrected chi connectivity index (χ3v) is 3.35. The number of hydrogen-bond donors (Lipinski definition) is 0. The van der Waals surface area contributed by atoms with E-state index in [2.05, 4.69) is 40.6 Å². The van der Waals surface area contributed by atoms with E-state index in [1.54, 1.807) is 11.0 Å². The number of hydrogen-bond acceptors (Lipinski definition) is 3. The molecule has 1 aromatic carbocycles. The van der Waals surface area contributed by atoms with Gasteiger partial charge in [-0.05, 0) is 58.9 Å². The van der Waals surface area contributed by atoms with E-state index in [1.165, 1.54) is 30.4 Å². The monoisotopic (exact) mass is 214 g/mol. The molecule has 0 saturated heterocycles. The highest BCUT2D eigenvalue weighted by Crippen LogP contribution is 2.31. The van der Waals surface area contributed by atoms with Crippen LogP contribution in [-0.4, -0.2) is 20.2 Å². The van der Waals surface area contributed by atoms with Gasteiger partial charge >= 0.3 is 0 Å². The van der Waals surface area contributed by atoms with E-state index in [0.717, 1.165) is 5.69 Å². The van der Waals surface area contributed by atoms with Gasteiger partial charge in [-0.15, -0.1) is 5.10 Å². The summed E-state index contributed by atoms with van der Waals surface area (Å²) in [6.07, 6.45) is 5.40. The first-order chi connectivity index (χ1) is 7.84. The van der Waals surface area contributed by atoms with Crippen LogP contribution in [-0.2, 0) is 6.42 Å². The Hall–Kier alpha value is -1.71. The van der Waals surface area contributed by atoms with Gasteiger partial charge in [-0.3, -0.25) is 0 Å². The first-order valence-corrected chi connectivity index (χ1v) is 5.71. The second-order valence-corrected chi connectivity index (χ2v) is 4.43. The molecule has 0 radical (unpaired) electrons. The minimum Gasteiger partial charge on any atom is -0.201 e. The number of tetrazole rings is 1. The minimum atomic E-state index is 0.687. The van der Waals surface area contributed by atoms with Crippen molar-refractivity contribution in [3.8, 4) is 5.69 Å². The Morgan fingerprint density at radius 1 is 1.38 bits per heavy atom. The second kappa shape index (κ2) is 3.70. The van der Waals surface area contributed by atoms with Crippen LogP contribution in [0.1, 0.15) is 36.8 Å². The molecule has 4 nitrogen and oxygen atoms in total. The van der Waals surface area contributed by atoms with Crippen molar-refractivity contribution in [3.63, 3.8) is 0 Å². The number of fused-ring (bicyclic) bond motifs is 1. The zero-order valence-corrected chi connectivity index (χ0v) is 9.30. The molecule has 2 aromatic rings. The fourth-order valence-electron chi connectivity index (χ4n) is 2.47. The van der Waals surface area contributed by atoms with Crippen LogP contribution in [0.4, 0.5) is 0 Å². The lowest BCUT2D eigenvalue weighted by Gasteiger charge is -2.22. The average molecular weight is 214 g/mol. The van der Waals surface area contributed by atoms with Gasteiger partial charge in [0.05, 0.1) is 5.69 Å². The van der Waals surface area contributed by atoms with Crippen LogP contribution in [0.5, 0.6) is 0 Å². The molecule has 0 aliphatic heterocycles. The average Bonchev–Trinajstić information content (AvgIpc) is 2.82. The van der Waals surface area contributed by atoms with Crippen LogP contribution < -0.4 is 0 Å². The molecule has 16 heavy (non-hydrogen) atoms. The number of aryl methyl sites for hydroxylation is 1. The maximum Gasteiger partial charge on any atom is 0.143 e. The summed E-state index contributed by atoms with van der Waals surface area (Å²) in [6, 6.07) is 6.52. The van der Waals surface area contributed by atoms with Crippen molar-refractivity contribution in [2.45, 2.75) is 32.1 Å². The molecule has 4 heteroatoms. The highest BCUT2D eigenvalue weighted by atomic mass is 15.5. The summed E-state index contributed by atoms with van der Waals surface area (Å²) < 4.78 is 1.71. The summed E-state index contributed by atoms with van der Waals surface area (Å²) in [5, 5.41) is 11.2. The molecule has 1 aromatic heterocycles. The summed E-state index contributed by atoms with van der Waals surface area (Å²) in [5.74, 6) is 0.687. The minimum absolute atomic E-state index is 0.687. The molecule has 1 aliphatic carbocycles. The first-order valence-electron chi connectivity index (χ1n) is 5.71. The third-order valence-electron chi connectivity index (χ3n) is 3.35. The number of benzene rings is 1. The molecular weight excluding hydrogens is 200 g/mol. The number of aromatic nitrogens is 4. The Morgan fingerprint density at radius 2 is 2.31 bits per heavy atom. The van der Waals surface area contributed by atoms with E-state index >= 15 is 0 Å². The summed E-state index contributed by atoms with van der Waals surface area (Å²) in [7, 11) is 0. The van der Waals surface area contributed by atoms with Crippen molar-refractivity contribution < 1.29 is 0 Å². The fourth-order valence-corrected chi connectivity index (χ4v) is 2.47. The molecule has 1 aliphatic rings. The van der Waals surface area contributed by atoms with E-state index in [9.17, 15) is 0 Å². The molecule has 0 amide bonds. The lowest BCUT2D eigenvalue weighted by atomic mass is 9.84. The highest BCUT2D eigenvalue weighted by molar-refractivity contribution is 5.42. The zero-order chi connectivity index (χ0) is 11.0. The van der Waals surface area contributed by atoms with Gasteiger partial charge in [0.15, 0.2) is 0 Å². The van der Waals surface area contributed by atoms with Gasteiger partial charge in [-0.1, -0.05) is 13.0 Å². The molecule has 0 fully saturated rings. The molecule has 0 spiro atoms. The van der Waals surface area contributed by atoms with Crippen LogP contribution in [0, 0.1) is 0 Å². The van der Waals surface area contributed by atoms with Gasteiger partial charge in [0, 0.05) is 0 Å². The van der Waals surface area contributed by atoms with E-state index in [0.29, 0.717) is 5.92 Å². The van der Waals surface area contributed by atoms with Gasteiger partial charge in [0.2, 0.25) is 0 Å². The molecule has 1 unspecified atom stereocenters. The zero-order valence-electron chi connectivity index (χ0n) is 9.30. The standard InChI is InChI=1S/C12H14N4/c1-9-3-2-4-10-7-11(5-6-12(9)10)16-8-13-14-15-16/h5-9H,2-4H2,1H3.